The minimum absolute atomic E-state index is 0.0308. The number of imide groups is 1. The first-order valence-corrected chi connectivity index (χ1v) is 9.63. The van der Waals surface area contributed by atoms with E-state index in [9.17, 15) is 32.3 Å². The summed E-state index contributed by atoms with van der Waals surface area (Å²) in [5.41, 5.74) is 0. The third kappa shape index (κ3) is 9.70. The fraction of sp³-hybridized carbons (Fsp3) is 0.778. The van der Waals surface area contributed by atoms with Gasteiger partial charge in [0.25, 0.3) is 11.8 Å². The van der Waals surface area contributed by atoms with Gasteiger partial charge in [0.2, 0.25) is 0 Å². The highest BCUT2D eigenvalue weighted by atomic mass is 19.4. The van der Waals surface area contributed by atoms with Gasteiger partial charge in [0.05, 0.1) is 0 Å². The highest BCUT2D eigenvalue weighted by molar-refractivity contribution is 6.01. The maximum Gasteiger partial charge on any atom is 0.471 e. The zero-order valence-corrected chi connectivity index (χ0v) is 15.8. The van der Waals surface area contributed by atoms with E-state index in [2.05, 4.69) is 0 Å². The van der Waals surface area contributed by atoms with Crippen LogP contribution in [0.1, 0.15) is 77.0 Å². The molecule has 160 valence electrons. The molecule has 1 heterocycles. The van der Waals surface area contributed by atoms with Crippen LogP contribution in [0, 0.1) is 0 Å². The predicted octanol–water partition coefficient (Wildman–Crippen LogP) is 3.17. The fourth-order valence-corrected chi connectivity index (χ4v) is 2.74. The molecular weight excluding hydrogens is 381 g/mol. The number of hydrogen-bond acceptors (Lipinski definition) is 5. The van der Waals surface area contributed by atoms with E-state index in [0.29, 0.717) is 17.9 Å². The Morgan fingerprint density at radius 1 is 0.857 bits per heavy atom. The van der Waals surface area contributed by atoms with Crippen LogP contribution in [0.3, 0.4) is 0 Å². The average molecular weight is 408 g/mol. The molecular formula is C18H27F3N2O5. The van der Waals surface area contributed by atoms with Crippen molar-refractivity contribution in [2.45, 2.75) is 83.2 Å². The minimum atomic E-state index is -4.82. The molecule has 0 saturated carbocycles. The monoisotopic (exact) mass is 408 g/mol. The third-order valence-corrected chi connectivity index (χ3v) is 4.30. The van der Waals surface area contributed by atoms with Crippen molar-refractivity contribution in [3.05, 3.63) is 0 Å². The summed E-state index contributed by atoms with van der Waals surface area (Å²) < 4.78 is 35.9. The topological polar surface area (TPSA) is 92.8 Å². The zero-order chi connectivity index (χ0) is 21.0. The second-order valence-corrected chi connectivity index (χ2v) is 6.73. The molecule has 0 aromatic carbocycles. The van der Waals surface area contributed by atoms with Gasteiger partial charge >= 0.3 is 18.1 Å². The van der Waals surface area contributed by atoms with Crippen molar-refractivity contribution >= 4 is 23.7 Å². The van der Waals surface area contributed by atoms with Crippen LogP contribution in [0.2, 0.25) is 0 Å². The Morgan fingerprint density at radius 3 is 1.82 bits per heavy atom. The maximum absolute atomic E-state index is 12.0. The predicted molar refractivity (Wildman–Crippen MR) is 92.4 cm³/mol. The summed E-state index contributed by atoms with van der Waals surface area (Å²) in [6.45, 7) is 0.0308. The molecule has 7 nitrogen and oxygen atoms in total. The molecule has 0 aliphatic carbocycles. The molecule has 0 atom stereocenters. The number of hydroxylamine groups is 2. The Labute approximate surface area is 161 Å². The van der Waals surface area contributed by atoms with Gasteiger partial charge in [-0.1, -0.05) is 44.9 Å². The molecule has 3 amide bonds. The lowest BCUT2D eigenvalue weighted by Gasteiger charge is -2.12. The van der Waals surface area contributed by atoms with E-state index in [0.717, 1.165) is 44.9 Å². The van der Waals surface area contributed by atoms with Crippen molar-refractivity contribution in [3.63, 3.8) is 0 Å². The minimum Gasteiger partial charge on any atom is -0.348 e. The van der Waals surface area contributed by atoms with Crippen molar-refractivity contribution in [2.24, 2.45) is 0 Å². The van der Waals surface area contributed by atoms with E-state index in [-0.39, 0.29) is 25.8 Å². The molecule has 1 rings (SSSR count). The van der Waals surface area contributed by atoms with Gasteiger partial charge in [-0.3, -0.25) is 14.4 Å². The molecule has 1 aliphatic rings. The third-order valence-electron chi connectivity index (χ3n) is 4.30. The Balaban J connectivity index is 1.88. The maximum atomic E-state index is 12.0. The molecule has 1 saturated heterocycles. The van der Waals surface area contributed by atoms with Crippen LogP contribution in [0.5, 0.6) is 0 Å². The Bertz CT molecular complexity index is 536. The molecule has 0 unspecified atom stereocenters. The van der Waals surface area contributed by atoms with Crippen molar-refractivity contribution in [1.29, 1.82) is 0 Å². The number of carbonyl (C=O) groups excluding carboxylic acids is 4. The van der Waals surface area contributed by atoms with Crippen LogP contribution in [0.4, 0.5) is 13.2 Å². The number of hydrogen-bond donors (Lipinski definition) is 1. The van der Waals surface area contributed by atoms with Gasteiger partial charge in [-0.15, -0.1) is 5.06 Å². The van der Waals surface area contributed by atoms with Gasteiger partial charge in [0, 0.05) is 25.8 Å². The SMILES string of the molecule is O=C(CCCCCCCCCCCNC(=O)C(F)(F)F)ON1C(=O)CCC1=O. The van der Waals surface area contributed by atoms with Gasteiger partial charge < -0.3 is 10.2 Å². The van der Waals surface area contributed by atoms with Crippen molar-refractivity contribution < 1.29 is 37.2 Å². The van der Waals surface area contributed by atoms with E-state index in [1.54, 1.807) is 0 Å². The first kappa shape index (κ1) is 23.9. The van der Waals surface area contributed by atoms with Crippen LogP contribution in [-0.2, 0) is 24.0 Å². The first-order chi connectivity index (χ1) is 13.2. The van der Waals surface area contributed by atoms with Gasteiger partial charge in [0.15, 0.2) is 0 Å². The summed E-state index contributed by atoms with van der Waals surface area (Å²) in [6, 6.07) is 0. The molecule has 0 aromatic heterocycles. The largest absolute Gasteiger partial charge is 0.471 e. The lowest BCUT2D eigenvalue weighted by molar-refractivity contribution is -0.197. The second kappa shape index (κ2) is 12.4. The second-order valence-electron chi connectivity index (χ2n) is 6.73. The van der Waals surface area contributed by atoms with Gasteiger partial charge in [-0.25, -0.2) is 4.79 Å². The van der Waals surface area contributed by atoms with Crippen LogP contribution in [-0.4, -0.2) is 41.5 Å². The van der Waals surface area contributed by atoms with Gasteiger partial charge in [-0.05, 0) is 12.8 Å². The Kier molecular flexibility index (Phi) is 10.5. The zero-order valence-electron chi connectivity index (χ0n) is 15.8. The number of rotatable bonds is 13. The Morgan fingerprint density at radius 2 is 1.32 bits per heavy atom. The summed E-state index contributed by atoms with van der Waals surface area (Å²) in [7, 11) is 0. The first-order valence-electron chi connectivity index (χ1n) is 9.63. The molecule has 1 fully saturated rings. The van der Waals surface area contributed by atoms with E-state index in [4.69, 9.17) is 4.84 Å². The number of amides is 3. The lowest BCUT2D eigenvalue weighted by atomic mass is 10.1. The molecule has 10 heteroatoms. The number of nitrogens with one attached hydrogen (secondary N) is 1. The number of halogens is 3. The van der Waals surface area contributed by atoms with Crippen LogP contribution >= 0.6 is 0 Å². The normalized spacial score (nSPS) is 14.5. The summed E-state index contributed by atoms with van der Waals surface area (Å²) in [6.07, 6.45) is 3.01. The van der Waals surface area contributed by atoms with Crippen molar-refractivity contribution in [1.82, 2.24) is 10.4 Å². The molecule has 0 aromatic rings. The van der Waals surface area contributed by atoms with E-state index < -0.39 is 29.9 Å². The van der Waals surface area contributed by atoms with Crippen LogP contribution in [0.15, 0.2) is 0 Å². The summed E-state index contributed by atoms with van der Waals surface area (Å²) in [4.78, 5) is 49.6. The number of carbonyl (C=O) groups is 4. The quantitative estimate of drug-likeness (QED) is 0.373. The fourth-order valence-electron chi connectivity index (χ4n) is 2.74. The van der Waals surface area contributed by atoms with Crippen molar-refractivity contribution in [3.8, 4) is 0 Å². The van der Waals surface area contributed by atoms with Gasteiger partial charge in [0.1, 0.15) is 0 Å². The van der Waals surface area contributed by atoms with E-state index in [1.165, 1.54) is 0 Å². The average Bonchev–Trinajstić information content (AvgIpc) is 2.93. The number of alkyl halides is 3. The molecule has 1 N–H and O–H groups in total. The van der Waals surface area contributed by atoms with E-state index >= 15 is 0 Å². The summed E-state index contributed by atoms with van der Waals surface area (Å²) in [5, 5.41) is 2.39. The summed E-state index contributed by atoms with van der Waals surface area (Å²) in [5.74, 6) is -3.45. The van der Waals surface area contributed by atoms with E-state index in [1.807, 2.05) is 5.32 Å². The lowest BCUT2D eigenvalue weighted by Crippen LogP contribution is -2.37. The smallest absolute Gasteiger partial charge is 0.348 e. The molecule has 28 heavy (non-hydrogen) atoms. The standard InChI is InChI=1S/C18H27F3N2O5/c19-18(20,21)17(27)22-13-9-7-5-3-1-2-4-6-8-10-16(26)28-23-14(24)11-12-15(23)25/h1-13H2,(H,22,27). The number of nitrogens with zero attached hydrogens (tertiary/aromatic N) is 1. The number of unbranched alkanes of at least 4 members (excludes halogenated alkanes) is 8. The summed E-state index contributed by atoms with van der Waals surface area (Å²) >= 11 is 0. The highest BCUT2D eigenvalue weighted by Crippen LogP contribution is 2.15. The molecule has 1 aliphatic heterocycles. The van der Waals surface area contributed by atoms with Crippen LogP contribution in [0.25, 0.3) is 0 Å². The van der Waals surface area contributed by atoms with Crippen molar-refractivity contribution in [2.75, 3.05) is 6.54 Å². The Hall–Kier alpha value is -2.13. The molecule has 0 radical (unpaired) electrons. The van der Waals surface area contributed by atoms with Gasteiger partial charge in [-0.2, -0.15) is 13.2 Å². The molecule has 0 spiro atoms. The highest BCUT2D eigenvalue weighted by Gasteiger charge is 2.38. The molecule has 0 bridgehead atoms. The van der Waals surface area contributed by atoms with Crippen LogP contribution < -0.4 is 5.32 Å².